The van der Waals surface area contributed by atoms with Gasteiger partial charge in [0.2, 0.25) is 0 Å². The van der Waals surface area contributed by atoms with Crippen LogP contribution in [0.3, 0.4) is 0 Å². The van der Waals surface area contributed by atoms with Crippen LogP contribution in [0.1, 0.15) is 22.9 Å². The zero-order chi connectivity index (χ0) is 14.7. The Balaban J connectivity index is 2.32. The molecule has 1 N–H and O–H groups in total. The molecule has 108 valence electrons. The molecule has 2 aromatic rings. The Labute approximate surface area is 123 Å². The van der Waals surface area contributed by atoms with Crippen molar-refractivity contribution in [3.8, 4) is 0 Å². The Bertz CT molecular complexity index is 582. The van der Waals surface area contributed by atoms with Gasteiger partial charge in [-0.1, -0.05) is 11.6 Å². The summed E-state index contributed by atoms with van der Waals surface area (Å²) < 4.78 is 1.76. The Morgan fingerprint density at radius 1 is 1.40 bits per heavy atom. The highest BCUT2D eigenvalue weighted by Gasteiger charge is 2.21. The van der Waals surface area contributed by atoms with Crippen molar-refractivity contribution in [1.29, 1.82) is 0 Å². The van der Waals surface area contributed by atoms with E-state index in [0.717, 1.165) is 17.7 Å². The third kappa shape index (κ3) is 3.17. The molecule has 6 heteroatoms. The minimum absolute atomic E-state index is 0.479. The fourth-order valence-electron chi connectivity index (χ4n) is 2.05. The van der Waals surface area contributed by atoms with Gasteiger partial charge in [0.25, 0.3) is 0 Å². The zero-order valence-electron chi connectivity index (χ0n) is 11.9. The Hall–Kier alpha value is -1.43. The summed E-state index contributed by atoms with van der Waals surface area (Å²) in [5, 5.41) is 15.3. The van der Waals surface area contributed by atoms with Gasteiger partial charge in [-0.25, -0.2) is 0 Å². The molecule has 0 aliphatic carbocycles. The Kier molecular flexibility index (Phi) is 4.75. The van der Waals surface area contributed by atoms with Crippen molar-refractivity contribution in [3.63, 3.8) is 0 Å². The lowest BCUT2D eigenvalue weighted by Gasteiger charge is -2.17. The topological polar surface area (TPSA) is 54.2 Å². The minimum Gasteiger partial charge on any atom is -0.382 e. The summed E-state index contributed by atoms with van der Waals surface area (Å²) in [6.45, 7) is 3.42. The second-order valence-corrected chi connectivity index (χ2v) is 5.45. The van der Waals surface area contributed by atoms with Gasteiger partial charge >= 0.3 is 0 Å². The predicted molar refractivity (Wildman–Crippen MR) is 78.8 cm³/mol. The first kappa shape index (κ1) is 15.0. The van der Waals surface area contributed by atoms with Crippen molar-refractivity contribution >= 4 is 11.6 Å². The molecule has 0 amide bonds. The van der Waals surface area contributed by atoms with Gasteiger partial charge < -0.3 is 10.0 Å². The first-order valence-electron chi connectivity index (χ1n) is 6.45. The fourth-order valence-corrected chi connectivity index (χ4v) is 2.30. The second kappa shape index (κ2) is 6.35. The molecule has 1 unspecified atom stereocenters. The normalized spacial score (nSPS) is 12.9. The number of nitrogens with zero attached hydrogens (tertiary/aromatic N) is 4. The average molecular weight is 295 g/mol. The number of likely N-dealkylation sites (N-methyl/N-ethyl adjacent to an activating group) is 1. The molecule has 0 spiro atoms. The second-order valence-electron chi connectivity index (χ2n) is 5.04. The molecule has 2 rings (SSSR count). The third-order valence-corrected chi connectivity index (χ3v) is 3.50. The van der Waals surface area contributed by atoms with Crippen LogP contribution in [-0.4, -0.2) is 45.4 Å². The molecular formula is C14H19ClN4O. The van der Waals surface area contributed by atoms with Crippen molar-refractivity contribution in [2.45, 2.75) is 19.6 Å². The van der Waals surface area contributed by atoms with Gasteiger partial charge in [0.1, 0.15) is 6.10 Å². The van der Waals surface area contributed by atoms with Crippen molar-refractivity contribution in [2.75, 3.05) is 20.6 Å². The Morgan fingerprint density at radius 3 is 2.80 bits per heavy atom. The molecule has 0 aliphatic rings. The van der Waals surface area contributed by atoms with E-state index >= 15 is 0 Å². The van der Waals surface area contributed by atoms with E-state index in [2.05, 4.69) is 15.0 Å². The molecule has 2 heterocycles. The van der Waals surface area contributed by atoms with Gasteiger partial charge in [-0.15, -0.1) is 0 Å². The number of aryl methyl sites for hydroxylation is 1. The number of aliphatic hydroxyl groups excluding tert-OH is 1. The van der Waals surface area contributed by atoms with E-state index in [0.29, 0.717) is 17.3 Å². The van der Waals surface area contributed by atoms with Gasteiger partial charge in [-0.2, -0.15) is 5.10 Å². The summed E-state index contributed by atoms with van der Waals surface area (Å²) in [4.78, 5) is 6.10. The lowest BCUT2D eigenvalue weighted by molar-refractivity contribution is 0.205. The molecule has 0 fully saturated rings. The molecule has 5 nitrogen and oxygen atoms in total. The monoisotopic (exact) mass is 294 g/mol. The standard InChI is InChI=1S/C14H19ClN4O/c1-10-8-16-5-4-11(10)14(20)13-12(15)9-17-19(13)7-6-18(2)3/h4-5,8-9,14,20H,6-7H2,1-3H3. The van der Waals surface area contributed by atoms with Crippen LogP contribution in [-0.2, 0) is 6.54 Å². The van der Waals surface area contributed by atoms with E-state index in [1.807, 2.05) is 21.0 Å². The van der Waals surface area contributed by atoms with Crippen molar-refractivity contribution in [2.24, 2.45) is 0 Å². The van der Waals surface area contributed by atoms with Gasteiger partial charge in [0.05, 0.1) is 23.5 Å². The lowest BCUT2D eigenvalue weighted by atomic mass is 10.0. The number of halogens is 1. The number of hydrogen-bond donors (Lipinski definition) is 1. The molecular weight excluding hydrogens is 276 g/mol. The van der Waals surface area contributed by atoms with E-state index in [9.17, 15) is 5.11 Å². The molecule has 1 atom stereocenters. The summed E-state index contributed by atoms with van der Waals surface area (Å²) in [6, 6.07) is 1.81. The molecule has 2 aromatic heterocycles. The molecule has 20 heavy (non-hydrogen) atoms. The highest BCUT2D eigenvalue weighted by atomic mass is 35.5. The zero-order valence-corrected chi connectivity index (χ0v) is 12.7. The van der Waals surface area contributed by atoms with Crippen molar-refractivity contribution < 1.29 is 5.11 Å². The highest BCUT2D eigenvalue weighted by molar-refractivity contribution is 6.31. The van der Waals surface area contributed by atoms with Crippen LogP contribution in [0.2, 0.25) is 5.02 Å². The van der Waals surface area contributed by atoms with Crippen molar-refractivity contribution in [1.82, 2.24) is 19.7 Å². The van der Waals surface area contributed by atoms with Gasteiger partial charge in [0, 0.05) is 18.9 Å². The molecule has 0 bridgehead atoms. The number of hydrogen-bond acceptors (Lipinski definition) is 4. The maximum atomic E-state index is 10.6. The molecule has 0 radical (unpaired) electrons. The number of pyridine rings is 1. The summed E-state index contributed by atoms with van der Waals surface area (Å²) in [6.07, 6.45) is 4.18. The van der Waals surface area contributed by atoms with Crippen LogP contribution in [0, 0.1) is 6.92 Å². The van der Waals surface area contributed by atoms with E-state index in [1.165, 1.54) is 0 Å². The largest absolute Gasteiger partial charge is 0.382 e. The van der Waals surface area contributed by atoms with Crippen LogP contribution in [0.4, 0.5) is 0 Å². The molecule has 0 aliphatic heterocycles. The third-order valence-electron chi connectivity index (χ3n) is 3.21. The smallest absolute Gasteiger partial charge is 0.123 e. The summed E-state index contributed by atoms with van der Waals surface area (Å²) in [5.74, 6) is 0. The number of aliphatic hydroxyl groups is 1. The van der Waals surface area contributed by atoms with Crippen LogP contribution in [0.25, 0.3) is 0 Å². The lowest BCUT2D eigenvalue weighted by Crippen LogP contribution is -2.21. The predicted octanol–water partition coefficient (Wildman–Crippen LogP) is 1.88. The maximum absolute atomic E-state index is 10.6. The van der Waals surface area contributed by atoms with Crippen LogP contribution in [0.5, 0.6) is 0 Å². The fraction of sp³-hybridized carbons (Fsp3) is 0.429. The van der Waals surface area contributed by atoms with Gasteiger partial charge in [-0.05, 0) is 38.2 Å². The van der Waals surface area contributed by atoms with E-state index < -0.39 is 6.10 Å². The first-order valence-corrected chi connectivity index (χ1v) is 6.83. The summed E-state index contributed by atoms with van der Waals surface area (Å²) in [7, 11) is 3.99. The van der Waals surface area contributed by atoms with Crippen LogP contribution in [0.15, 0.2) is 24.7 Å². The van der Waals surface area contributed by atoms with E-state index in [-0.39, 0.29) is 0 Å². The SMILES string of the molecule is Cc1cnccc1C(O)c1c(Cl)cnn1CCN(C)C. The maximum Gasteiger partial charge on any atom is 0.123 e. The Morgan fingerprint density at radius 2 is 2.15 bits per heavy atom. The van der Waals surface area contributed by atoms with Crippen LogP contribution < -0.4 is 0 Å². The van der Waals surface area contributed by atoms with E-state index in [4.69, 9.17) is 11.6 Å². The summed E-state index contributed by atoms with van der Waals surface area (Å²) >= 11 is 6.18. The summed E-state index contributed by atoms with van der Waals surface area (Å²) in [5.41, 5.74) is 2.35. The van der Waals surface area contributed by atoms with Gasteiger partial charge in [-0.3, -0.25) is 9.67 Å². The minimum atomic E-state index is -0.796. The molecule has 0 aromatic carbocycles. The average Bonchev–Trinajstić information content (AvgIpc) is 2.77. The molecule has 0 saturated heterocycles. The highest BCUT2D eigenvalue weighted by Crippen LogP contribution is 2.29. The van der Waals surface area contributed by atoms with Gasteiger partial charge in [0.15, 0.2) is 0 Å². The van der Waals surface area contributed by atoms with Crippen LogP contribution >= 0.6 is 11.6 Å². The first-order chi connectivity index (χ1) is 9.50. The quantitative estimate of drug-likeness (QED) is 0.915. The van der Waals surface area contributed by atoms with Crippen molar-refractivity contribution in [3.05, 3.63) is 46.5 Å². The number of aromatic nitrogens is 3. The molecule has 0 saturated carbocycles. The van der Waals surface area contributed by atoms with E-state index in [1.54, 1.807) is 29.3 Å². The number of rotatable bonds is 5.